The zero-order valence-electron chi connectivity index (χ0n) is 11.2. The summed E-state index contributed by atoms with van der Waals surface area (Å²) in [5.41, 5.74) is 3.93. The van der Waals surface area contributed by atoms with E-state index in [1.807, 2.05) is 13.8 Å². The molecule has 0 saturated heterocycles. The third kappa shape index (κ3) is 2.14. The molecule has 0 fully saturated rings. The molecule has 0 spiro atoms. The fourth-order valence-electron chi connectivity index (χ4n) is 1.85. The Morgan fingerprint density at radius 1 is 1.28 bits per heavy atom. The minimum Gasteiger partial charge on any atom is -0.341 e. The largest absolute Gasteiger partial charge is 0.341 e. The maximum atomic E-state index is 9.12. The first-order valence-corrected chi connectivity index (χ1v) is 5.98. The van der Waals surface area contributed by atoms with Gasteiger partial charge in [-0.25, -0.2) is 4.98 Å². The lowest BCUT2D eigenvalue weighted by molar-refractivity contribution is 0.640. The highest BCUT2D eigenvalue weighted by Gasteiger charge is 2.23. The second-order valence-corrected chi connectivity index (χ2v) is 5.20. The predicted molar refractivity (Wildman–Crippen MR) is 72.1 cm³/mol. The van der Waals surface area contributed by atoms with E-state index in [1.165, 1.54) is 11.1 Å². The Hall–Kier alpha value is -2.08. The summed E-state index contributed by atoms with van der Waals surface area (Å²) in [6, 6.07) is 8.58. The molecule has 1 aromatic carbocycles. The molecule has 0 aliphatic heterocycles. The van der Waals surface area contributed by atoms with Crippen molar-refractivity contribution in [2.45, 2.75) is 33.1 Å². The van der Waals surface area contributed by atoms with Gasteiger partial charge < -0.3 is 4.98 Å². The molecule has 1 N–H and O–H groups in total. The van der Waals surface area contributed by atoms with Crippen LogP contribution in [0.15, 0.2) is 24.4 Å². The molecular formula is C15H17N3. The molecule has 2 rings (SSSR count). The number of aryl methyl sites for hydroxylation is 2. The Morgan fingerprint density at radius 2 is 2.00 bits per heavy atom. The average Bonchev–Trinajstić information content (AvgIpc) is 2.82. The second-order valence-electron chi connectivity index (χ2n) is 5.20. The first kappa shape index (κ1) is 12.4. The number of nitrogens with zero attached hydrogens (tertiary/aromatic N) is 2. The number of aromatic nitrogens is 2. The number of hydrogen-bond donors (Lipinski definition) is 1. The molecule has 0 aliphatic rings. The van der Waals surface area contributed by atoms with Gasteiger partial charge >= 0.3 is 0 Å². The number of H-pyrrole nitrogens is 1. The second kappa shape index (κ2) is 4.30. The molecule has 0 bridgehead atoms. The highest BCUT2D eigenvalue weighted by Crippen LogP contribution is 2.26. The monoisotopic (exact) mass is 239 g/mol. The summed E-state index contributed by atoms with van der Waals surface area (Å²) in [6.45, 7) is 7.86. The lowest BCUT2D eigenvalue weighted by atomic mass is 9.95. The van der Waals surface area contributed by atoms with Gasteiger partial charge in [0.15, 0.2) is 0 Å². The molecular weight excluding hydrogens is 222 g/mol. The summed E-state index contributed by atoms with van der Waals surface area (Å²) >= 11 is 0. The molecule has 3 heteroatoms. The van der Waals surface area contributed by atoms with Gasteiger partial charge in [-0.3, -0.25) is 0 Å². The van der Waals surface area contributed by atoms with E-state index in [9.17, 15) is 0 Å². The standard InChI is InChI=1S/C15H17N3/c1-10-5-6-11(2)12(7-10)13-8-17-14(18-13)15(3,4)9-16/h5-8H,1-4H3,(H,17,18). The fraction of sp³-hybridized carbons (Fsp3) is 0.333. The van der Waals surface area contributed by atoms with Crippen LogP contribution in [0.2, 0.25) is 0 Å². The van der Waals surface area contributed by atoms with Gasteiger partial charge in [0.25, 0.3) is 0 Å². The number of hydrogen-bond acceptors (Lipinski definition) is 2. The fourth-order valence-corrected chi connectivity index (χ4v) is 1.85. The van der Waals surface area contributed by atoms with Crippen molar-refractivity contribution in [3.63, 3.8) is 0 Å². The molecule has 1 aromatic heterocycles. The summed E-state index contributed by atoms with van der Waals surface area (Å²) in [4.78, 5) is 7.58. The Kier molecular flexibility index (Phi) is 2.96. The third-order valence-electron chi connectivity index (χ3n) is 3.13. The smallest absolute Gasteiger partial charge is 0.126 e. The molecule has 0 saturated carbocycles. The van der Waals surface area contributed by atoms with Crippen LogP contribution in [0.3, 0.4) is 0 Å². The lowest BCUT2D eigenvalue weighted by Crippen LogP contribution is -2.15. The van der Waals surface area contributed by atoms with Crippen LogP contribution in [0.5, 0.6) is 0 Å². The lowest BCUT2D eigenvalue weighted by Gasteiger charge is -2.11. The highest BCUT2D eigenvalue weighted by atomic mass is 14.9. The first-order chi connectivity index (χ1) is 8.44. The molecule has 0 atom stereocenters. The van der Waals surface area contributed by atoms with E-state index in [0.717, 1.165) is 11.3 Å². The molecule has 0 aliphatic carbocycles. The Labute approximate surface area is 107 Å². The average molecular weight is 239 g/mol. The minimum absolute atomic E-state index is 0.587. The third-order valence-corrected chi connectivity index (χ3v) is 3.13. The van der Waals surface area contributed by atoms with E-state index in [4.69, 9.17) is 5.26 Å². The number of benzene rings is 1. The van der Waals surface area contributed by atoms with Crippen molar-refractivity contribution in [1.29, 1.82) is 5.26 Å². The number of aromatic amines is 1. The van der Waals surface area contributed by atoms with Crippen molar-refractivity contribution in [1.82, 2.24) is 9.97 Å². The zero-order valence-corrected chi connectivity index (χ0v) is 11.2. The molecule has 0 amide bonds. The number of imidazole rings is 1. The van der Waals surface area contributed by atoms with Crippen LogP contribution >= 0.6 is 0 Å². The zero-order chi connectivity index (χ0) is 13.3. The normalized spacial score (nSPS) is 11.3. The van der Waals surface area contributed by atoms with Gasteiger partial charge in [-0.05, 0) is 39.3 Å². The Morgan fingerprint density at radius 3 is 2.67 bits per heavy atom. The van der Waals surface area contributed by atoms with Gasteiger partial charge in [0.1, 0.15) is 11.2 Å². The molecule has 2 aromatic rings. The summed E-state index contributed by atoms with van der Waals surface area (Å²) in [5.74, 6) is 0.709. The first-order valence-electron chi connectivity index (χ1n) is 5.98. The van der Waals surface area contributed by atoms with E-state index in [1.54, 1.807) is 6.20 Å². The van der Waals surface area contributed by atoms with Gasteiger partial charge in [-0.2, -0.15) is 5.26 Å². The summed E-state index contributed by atoms with van der Waals surface area (Å²) in [7, 11) is 0. The minimum atomic E-state index is -0.587. The van der Waals surface area contributed by atoms with Crippen LogP contribution in [-0.2, 0) is 5.41 Å². The van der Waals surface area contributed by atoms with E-state index in [0.29, 0.717) is 5.82 Å². The summed E-state index contributed by atoms with van der Waals surface area (Å²) in [6.07, 6.45) is 1.80. The molecule has 3 nitrogen and oxygen atoms in total. The quantitative estimate of drug-likeness (QED) is 0.872. The Bertz CT molecular complexity index is 615. The van der Waals surface area contributed by atoms with E-state index in [2.05, 4.69) is 48.1 Å². The van der Waals surface area contributed by atoms with Crippen LogP contribution < -0.4 is 0 Å². The van der Waals surface area contributed by atoms with Crippen molar-refractivity contribution >= 4 is 0 Å². The predicted octanol–water partition coefficient (Wildman–Crippen LogP) is 3.49. The van der Waals surface area contributed by atoms with E-state index >= 15 is 0 Å². The summed E-state index contributed by atoms with van der Waals surface area (Å²) < 4.78 is 0. The maximum absolute atomic E-state index is 9.12. The van der Waals surface area contributed by atoms with Crippen LogP contribution in [0.1, 0.15) is 30.8 Å². The van der Waals surface area contributed by atoms with Crippen molar-refractivity contribution < 1.29 is 0 Å². The maximum Gasteiger partial charge on any atom is 0.126 e. The van der Waals surface area contributed by atoms with Crippen LogP contribution in [0.25, 0.3) is 11.3 Å². The topological polar surface area (TPSA) is 52.5 Å². The number of nitrogens with one attached hydrogen (secondary N) is 1. The van der Waals surface area contributed by atoms with Crippen LogP contribution in [0.4, 0.5) is 0 Å². The molecule has 18 heavy (non-hydrogen) atoms. The molecule has 92 valence electrons. The van der Waals surface area contributed by atoms with Crippen LogP contribution in [-0.4, -0.2) is 9.97 Å². The van der Waals surface area contributed by atoms with Gasteiger partial charge in [-0.15, -0.1) is 0 Å². The van der Waals surface area contributed by atoms with Gasteiger partial charge in [-0.1, -0.05) is 17.7 Å². The Balaban J connectivity index is 2.48. The SMILES string of the molecule is Cc1ccc(C)c(-c2cnc(C(C)(C)C#N)[nH]2)c1. The number of rotatable bonds is 2. The molecule has 0 unspecified atom stereocenters. The molecule has 0 radical (unpaired) electrons. The van der Waals surface area contributed by atoms with Crippen LogP contribution in [0, 0.1) is 25.2 Å². The summed E-state index contributed by atoms with van der Waals surface area (Å²) in [5, 5.41) is 9.12. The number of nitriles is 1. The van der Waals surface area contributed by atoms with Crippen molar-refractivity contribution in [2.24, 2.45) is 0 Å². The van der Waals surface area contributed by atoms with Gasteiger partial charge in [0.2, 0.25) is 0 Å². The van der Waals surface area contributed by atoms with Gasteiger partial charge in [0.05, 0.1) is 18.0 Å². The highest BCUT2D eigenvalue weighted by molar-refractivity contribution is 5.64. The van der Waals surface area contributed by atoms with Gasteiger partial charge in [0, 0.05) is 5.56 Å². The van der Waals surface area contributed by atoms with Crippen molar-refractivity contribution in [3.8, 4) is 17.3 Å². The van der Waals surface area contributed by atoms with Crippen molar-refractivity contribution in [3.05, 3.63) is 41.3 Å². The molecule has 1 heterocycles. The van der Waals surface area contributed by atoms with E-state index in [-0.39, 0.29) is 0 Å². The van der Waals surface area contributed by atoms with E-state index < -0.39 is 5.41 Å². The van der Waals surface area contributed by atoms with Crippen molar-refractivity contribution in [2.75, 3.05) is 0 Å².